The minimum Gasteiger partial charge on any atom is -0.481 e. The van der Waals surface area contributed by atoms with Crippen molar-refractivity contribution in [2.24, 2.45) is 0 Å². The van der Waals surface area contributed by atoms with Crippen LogP contribution in [-0.2, 0) is 11.2 Å². The van der Waals surface area contributed by atoms with E-state index in [2.05, 4.69) is 21.8 Å². The molecule has 1 aromatic carbocycles. The summed E-state index contributed by atoms with van der Waals surface area (Å²) in [5.74, 6) is 5.17. The van der Waals surface area contributed by atoms with E-state index < -0.39 is 5.97 Å². The zero-order chi connectivity index (χ0) is 15.2. The first-order valence-electron chi connectivity index (χ1n) is 6.36. The molecule has 0 saturated carbocycles. The smallest absolute Gasteiger partial charge is 0.303 e. The van der Waals surface area contributed by atoms with Crippen LogP contribution in [0.3, 0.4) is 0 Å². The maximum Gasteiger partial charge on any atom is 0.303 e. The van der Waals surface area contributed by atoms with Gasteiger partial charge in [0.15, 0.2) is 0 Å². The van der Waals surface area contributed by atoms with Gasteiger partial charge in [-0.2, -0.15) is 0 Å². The van der Waals surface area contributed by atoms with Crippen molar-refractivity contribution >= 4 is 17.6 Å². The van der Waals surface area contributed by atoms with Crippen LogP contribution in [0.15, 0.2) is 30.5 Å². The van der Waals surface area contributed by atoms with E-state index in [1.54, 1.807) is 6.20 Å². The van der Waals surface area contributed by atoms with Gasteiger partial charge in [-0.15, -0.1) is 0 Å². The van der Waals surface area contributed by atoms with Gasteiger partial charge >= 0.3 is 5.97 Å². The highest BCUT2D eigenvalue weighted by molar-refractivity contribution is 6.28. The molecule has 1 N–H and O–H groups in total. The second-order valence-corrected chi connectivity index (χ2v) is 4.85. The van der Waals surface area contributed by atoms with E-state index in [1.165, 1.54) is 0 Å². The molecule has 0 aliphatic rings. The molecular weight excluding hydrogens is 288 g/mol. The van der Waals surface area contributed by atoms with Crippen LogP contribution < -0.4 is 0 Å². The topological polar surface area (TPSA) is 63.1 Å². The van der Waals surface area contributed by atoms with Gasteiger partial charge in [0.25, 0.3) is 0 Å². The lowest BCUT2D eigenvalue weighted by Gasteiger charge is -1.99. The van der Waals surface area contributed by atoms with Crippen LogP contribution in [0, 0.1) is 18.8 Å². The highest BCUT2D eigenvalue weighted by Gasteiger charge is 2.00. The van der Waals surface area contributed by atoms with Gasteiger partial charge in [0.1, 0.15) is 5.69 Å². The molecule has 0 aliphatic heterocycles. The van der Waals surface area contributed by atoms with Crippen molar-refractivity contribution in [3.05, 3.63) is 58.1 Å². The molecular formula is C16H13ClN2O2. The molecule has 0 aliphatic carbocycles. The molecule has 1 heterocycles. The Balaban J connectivity index is 2.12. The van der Waals surface area contributed by atoms with Crippen LogP contribution in [0.25, 0.3) is 0 Å². The summed E-state index contributed by atoms with van der Waals surface area (Å²) >= 11 is 5.74. The molecule has 0 bridgehead atoms. The number of aliphatic carboxylic acids is 1. The molecule has 0 atom stereocenters. The van der Waals surface area contributed by atoms with Crippen LogP contribution in [-0.4, -0.2) is 21.0 Å². The number of nitrogens with zero attached hydrogens (tertiary/aromatic N) is 2. The molecule has 0 saturated heterocycles. The van der Waals surface area contributed by atoms with Crippen molar-refractivity contribution in [2.75, 3.05) is 0 Å². The number of carboxylic acid groups (broad SMARTS) is 1. The molecule has 0 unspecified atom stereocenters. The van der Waals surface area contributed by atoms with Crippen molar-refractivity contribution < 1.29 is 9.90 Å². The molecule has 0 fully saturated rings. The van der Waals surface area contributed by atoms with Gasteiger partial charge in [0.2, 0.25) is 5.28 Å². The third-order valence-corrected chi connectivity index (χ3v) is 3.03. The summed E-state index contributed by atoms with van der Waals surface area (Å²) in [4.78, 5) is 18.5. The fraction of sp³-hybridized carbons (Fsp3) is 0.188. The summed E-state index contributed by atoms with van der Waals surface area (Å²) in [5.41, 5.74) is 3.28. The zero-order valence-corrected chi connectivity index (χ0v) is 12.2. The molecule has 21 heavy (non-hydrogen) atoms. The molecule has 0 spiro atoms. The highest BCUT2D eigenvalue weighted by Crippen LogP contribution is 2.08. The Hall–Kier alpha value is -2.38. The lowest BCUT2D eigenvalue weighted by atomic mass is 10.1. The van der Waals surface area contributed by atoms with Crippen LogP contribution in [0.1, 0.15) is 28.8 Å². The van der Waals surface area contributed by atoms with Gasteiger partial charge in [-0.3, -0.25) is 4.79 Å². The maximum atomic E-state index is 10.5. The number of benzene rings is 1. The third-order valence-electron chi connectivity index (χ3n) is 2.85. The second-order valence-electron chi connectivity index (χ2n) is 4.51. The average molecular weight is 301 g/mol. The third kappa shape index (κ3) is 4.59. The van der Waals surface area contributed by atoms with Gasteiger partial charge < -0.3 is 5.11 Å². The van der Waals surface area contributed by atoms with Crippen LogP contribution in [0.5, 0.6) is 0 Å². The van der Waals surface area contributed by atoms with Crippen LogP contribution >= 0.6 is 11.6 Å². The van der Waals surface area contributed by atoms with Gasteiger partial charge in [-0.05, 0) is 48.6 Å². The second kappa shape index (κ2) is 6.87. The first-order chi connectivity index (χ1) is 10.0. The Morgan fingerprint density at radius 3 is 2.67 bits per heavy atom. The van der Waals surface area contributed by atoms with E-state index in [4.69, 9.17) is 16.7 Å². The fourth-order valence-corrected chi connectivity index (χ4v) is 1.82. The van der Waals surface area contributed by atoms with E-state index in [0.29, 0.717) is 12.1 Å². The van der Waals surface area contributed by atoms with E-state index in [0.717, 1.165) is 16.7 Å². The maximum absolute atomic E-state index is 10.5. The van der Waals surface area contributed by atoms with E-state index >= 15 is 0 Å². The molecule has 5 heteroatoms. The summed E-state index contributed by atoms with van der Waals surface area (Å²) in [6.45, 7) is 1.87. The van der Waals surface area contributed by atoms with Crippen molar-refractivity contribution in [2.45, 2.75) is 19.8 Å². The van der Waals surface area contributed by atoms with Crippen LogP contribution in [0.4, 0.5) is 0 Å². The van der Waals surface area contributed by atoms with Gasteiger partial charge in [0.05, 0.1) is 0 Å². The molecule has 0 amide bonds. The van der Waals surface area contributed by atoms with Crippen molar-refractivity contribution in [1.29, 1.82) is 0 Å². The van der Waals surface area contributed by atoms with Gasteiger partial charge in [-0.25, -0.2) is 9.97 Å². The van der Waals surface area contributed by atoms with Gasteiger partial charge in [0, 0.05) is 23.7 Å². The number of rotatable bonds is 3. The van der Waals surface area contributed by atoms with Crippen LogP contribution in [0.2, 0.25) is 5.28 Å². The highest BCUT2D eigenvalue weighted by atomic mass is 35.5. The number of halogens is 1. The SMILES string of the molecule is Cc1cnc(Cl)nc1C#Cc1ccc(CCC(=O)O)cc1. The largest absolute Gasteiger partial charge is 0.481 e. The number of hydrogen-bond donors (Lipinski definition) is 1. The Kier molecular flexibility index (Phi) is 4.91. The standard InChI is InChI=1S/C16H13ClN2O2/c1-11-10-18-16(17)19-14(11)8-6-12-2-4-13(5-3-12)7-9-15(20)21/h2-5,10H,7,9H2,1H3,(H,20,21). The lowest BCUT2D eigenvalue weighted by Crippen LogP contribution is -1.97. The fourth-order valence-electron chi connectivity index (χ4n) is 1.68. The molecule has 106 valence electrons. The monoisotopic (exact) mass is 300 g/mol. The Labute approximate surface area is 127 Å². The van der Waals surface area contributed by atoms with Crippen molar-refractivity contribution in [3.8, 4) is 11.8 Å². The Morgan fingerprint density at radius 1 is 1.29 bits per heavy atom. The minimum absolute atomic E-state index is 0.129. The first kappa shape index (κ1) is 15.0. The lowest BCUT2D eigenvalue weighted by molar-refractivity contribution is -0.136. The zero-order valence-electron chi connectivity index (χ0n) is 11.4. The number of aryl methyl sites for hydroxylation is 2. The quantitative estimate of drug-likeness (QED) is 0.699. The molecule has 4 nitrogen and oxygen atoms in total. The normalized spacial score (nSPS) is 9.81. The Bertz CT molecular complexity index is 715. The summed E-state index contributed by atoms with van der Waals surface area (Å²) in [6, 6.07) is 7.49. The predicted octanol–water partition coefficient (Wildman–Crippen LogP) is 2.86. The van der Waals surface area contributed by atoms with Gasteiger partial charge in [-0.1, -0.05) is 18.1 Å². The molecule has 0 radical (unpaired) electrons. The summed E-state index contributed by atoms with van der Waals surface area (Å²) < 4.78 is 0. The summed E-state index contributed by atoms with van der Waals surface area (Å²) in [7, 11) is 0. The van der Waals surface area contributed by atoms with E-state index in [9.17, 15) is 4.79 Å². The average Bonchev–Trinajstić information content (AvgIpc) is 2.47. The molecule has 2 rings (SSSR count). The number of carboxylic acids is 1. The van der Waals surface area contributed by atoms with E-state index in [-0.39, 0.29) is 11.7 Å². The van der Waals surface area contributed by atoms with Crippen molar-refractivity contribution in [1.82, 2.24) is 9.97 Å². The Morgan fingerprint density at radius 2 is 2.00 bits per heavy atom. The minimum atomic E-state index is -0.796. The van der Waals surface area contributed by atoms with Crippen molar-refractivity contribution in [3.63, 3.8) is 0 Å². The summed E-state index contributed by atoms with van der Waals surface area (Å²) in [5, 5.41) is 8.82. The first-order valence-corrected chi connectivity index (χ1v) is 6.74. The predicted molar refractivity (Wildman–Crippen MR) is 80.2 cm³/mol. The number of hydrogen-bond acceptors (Lipinski definition) is 3. The molecule has 1 aromatic heterocycles. The number of carbonyl (C=O) groups is 1. The van der Waals surface area contributed by atoms with E-state index in [1.807, 2.05) is 31.2 Å². The molecule has 2 aromatic rings. The number of aromatic nitrogens is 2. The summed E-state index contributed by atoms with van der Waals surface area (Å²) in [6.07, 6.45) is 2.28.